The standard InChI is InChI=1S/C21H37NO11/c1-8(2)30-18-11(20(28)29)6-12(15(25)17(18)27)32-19-14(22-10(5)24)21(31-9(3)4)33-13(7-23)16(19)26/h8-9,11-19,21,23,25-27H,6-7H2,1-5H3,(H,22,24)(H,28,29). The van der Waals surface area contributed by atoms with Gasteiger partial charge in [0.15, 0.2) is 6.29 Å². The summed E-state index contributed by atoms with van der Waals surface area (Å²) in [6.07, 6.45) is -11.4. The predicted octanol–water partition coefficient (Wildman–Crippen LogP) is -1.63. The van der Waals surface area contributed by atoms with E-state index in [2.05, 4.69) is 5.32 Å². The summed E-state index contributed by atoms with van der Waals surface area (Å²) in [6.45, 7) is 7.50. The molecule has 10 atom stereocenters. The van der Waals surface area contributed by atoms with E-state index in [1.54, 1.807) is 27.7 Å². The Labute approximate surface area is 192 Å². The molecule has 0 aromatic carbocycles. The Morgan fingerprint density at radius 1 is 1.00 bits per heavy atom. The molecule has 0 radical (unpaired) electrons. The summed E-state index contributed by atoms with van der Waals surface area (Å²) >= 11 is 0. The van der Waals surface area contributed by atoms with E-state index in [1.165, 1.54) is 6.92 Å². The molecule has 0 aromatic rings. The number of hydrogen-bond donors (Lipinski definition) is 6. The van der Waals surface area contributed by atoms with Crippen LogP contribution in [0.5, 0.6) is 0 Å². The first-order valence-corrected chi connectivity index (χ1v) is 11.1. The van der Waals surface area contributed by atoms with Crippen molar-refractivity contribution in [1.29, 1.82) is 0 Å². The van der Waals surface area contributed by atoms with Crippen LogP contribution in [0.25, 0.3) is 0 Å². The van der Waals surface area contributed by atoms with Gasteiger partial charge < -0.3 is 49.8 Å². The van der Waals surface area contributed by atoms with Crippen molar-refractivity contribution >= 4 is 11.9 Å². The molecule has 1 heterocycles. The molecule has 10 unspecified atom stereocenters. The maximum Gasteiger partial charge on any atom is 0.309 e. The largest absolute Gasteiger partial charge is 0.481 e. The smallest absolute Gasteiger partial charge is 0.309 e. The summed E-state index contributed by atoms with van der Waals surface area (Å²) in [4.78, 5) is 23.7. The molecule has 1 aliphatic heterocycles. The molecule has 33 heavy (non-hydrogen) atoms. The number of ether oxygens (including phenoxy) is 4. The van der Waals surface area contributed by atoms with Crippen LogP contribution in [0.3, 0.4) is 0 Å². The highest BCUT2D eigenvalue weighted by Gasteiger charge is 2.53. The van der Waals surface area contributed by atoms with E-state index in [1.807, 2.05) is 0 Å². The molecule has 0 aromatic heterocycles. The Balaban J connectivity index is 2.34. The number of carbonyl (C=O) groups is 2. The van der Waals surface area contributed by atoms with Gasteiger partial charge in [0.05, 0.1) is 36.9 Å². The Morgan fingerprint density at radius 2 is 1.61 bits per heavy atom. The van der Waals surface area contributed by atoms with Crippen LogP contribution in [-0.4, -0.2) is 111 Å². The van der Waals surface area contributed by atoms with Crippen molar-refractivity contribution in [2.24, 2.45) is 5.92 Å². The normalized spacial score (nSPS) is 39.6. The third-order valence-corrected chi connectivity index (χ3v) is 5.66. The highest BCUT2D eigenvalue weighted by molar-refractivity contribution is 5.73. The van der Waals surface area contributed by atoms with Crippen LogP contribution >= 0.6 is 0 Å². The van der Waals surface area contributed by atoms with Gasteiger partial charge in [-0.15, -0.1) is 0 Å². The first-order chi connectivity index (χ1) is 15.4. The fourth-order valence-corrected chi connectivity index (χ4v) is 4.25. The third kappa shape index (κ3) is 6.83. The molecular formula is C21H37NO11. The molecule has 0 spiro atoms. The van der Waals surface area contributed by atoms with Gasteiger partial charge in [0.2, 0.25) is 5.91 Å². The number of hydrogen-bond acceptors (Lipinski definition) is 10. The van der Waals surface area contributed by atoms with Crippen molar-refractivity contribution in [3.05, 3.63) is 0 Å². The zero-order valence-electron chi connectivity index (χ0n) is 19.5. The lowest BCUT2D eigenvalue weighted by Crippen LogP contribution is -2.67. The van der Waals surface area contributed by atoms with E-state index in [0.717, 1.165) is 0 Å². The van der Waals surface area contributed by atoms with E-state index in [-0.39, 0.29) is 12.5 Å². The summed E-state index contributed by atoms with van der Waals surface area (Å²) in [5.41, 5.74) is 0. The van der Waals surface area contributed by atoms with Gasteiger partial charge in [0, 0.05) is 6.92 Å². The van der Waals surface area contributed by atoms with Crippen LogP contribution in [0.4, 0.5) is 0 Å². The van der Waals surface area contributed by atoms with Crippen molar-refractivity contribution in [1.82, 2.24) is 5.32 Å². The maximum atomic E-state index is 11.9. The Morgan fingerprint density at radius 3 is 2.09 bits per heavy atom. The molecule has 1 saturated carbocycles. The number of amides is 1. The number of aliphatic carboxylic acids is 1. The lowest BCUT2D eigenvalue weighted by molar-refractivity contribution is -0.300. The lowest BCUT2D eigenvalue weighted by atomic mass is 9.80. The SMILES string of the molecule is CC(=O)NC1C(OC(C)C)OC(CO)C(O)C1OC1CC(C(=O)O)C(OC(C)C)C(O)C1O. The fourth-order valence-electron chi connectivity index (χ4n) is 4.25. The van der Waals surface area contributed by atoms with Gasteiger partial charge >= 0.3 is 5.97 Å². The number of rotatable bonds is 9. The number of aliphatic hydroxyl groups is 4. The van der Waals surface area contributed by atoms with Crippen molar-refractivity contribution < 1.29 is 54.1 Å². The number of carboxylic acid groups (broad SMARTS) is 1. The zero-order valence-corrected chi connectivity index (χ0v) is 19.5. The number of nitrogens with one attached hydrogen (secondary N) is 1. The highest BCUT2D eigenvalue weighted by Crippen LogP contribution is 2.34. The second-order valence-electron chi connectivity index (χ2n) is 9.08. The second-order valence-corrected chi connectivity index (χ2v) is 9.08. The third-order valence-electron chi connectivity index (χ3n) is 5.66. The topological polar surface area (TPSA) is 184 Å². The molecule has 2 fully saturated rings. The van der Waals surface area contributed by atoms with Gasteiger partial charge in [-0.2, -0.15) is 0 Å². The molecule has 0 bridgehead atoms. The molecule has 2 aliphatic rings. The van der Waals surface area contributed by atoms with Crippen LogP contribution in [-0.2, 0) is 28.5 Å². The second kappa shape index (κ2) is 11.8. The predicted molar refractivity (Wildman–Crippen MR) is 112 cm³/mol. The van der Waals surface area contributed by atoms with Crippen molar-refractivity contribution in [2.45, 2.75) is 108 Å². The van der Waals surface area contributed by atoms with Crippen molar-refractivity contribution in [3.63, 3.8) is 0 Å². The first-order valence-electron chi connectivity index (χ1n) is 11.1. The Hall–Kier alpha value is -1.38. The summed E-state index contributed by atoms with van der Waals surface area (Å²) in [7, 11) is 0. The van der Waals surface area contributed by atoms with Crippen LogP contribution in [0, 0.1) is 5.92 Å². The minimum Gasteiger partial charge on any atom is -0.481 e. The number of aliphatic hydroxyl groups excluding tert-OH is 4. The molecular weight excluding hydrogens is 442 g/mol. The first kappa shape index (κ1) is 27.9. The Kier molecular flexibility index (Phi) is 10.0. The summed E-state index contributed by atoms with van der Waals surface area (Å²) in [6, 6.07) is -1.04. The van der Waals surface area contributed by atoms with Crippen LogP contribution in [0.15, 0.2) is 0 Å². The van der Waals surface area contributed by atoms with Crippen LogP contribution in [0.2, 0.25) is 0 Å². The average Bonchev–Trinajstić information content (AvgIpc) is 2.70. The summed E-state index contributed by atoms with van der Waals surface area (Å²) in [5.74, 6) is -2.90. The Bertz CT molecular complexity index is 660. The lowest BCUT2D eigenvalue weighted by Gasteiger charge is -2.48. The van der Waals surface area contributed by atoms with E-state index >= 15 is 0 Å². The van der Waals surface area contributed by atoms with E-state index < -0.39 is 85.6 Å². The van der Waals surface area contributed by atoms with E-state index in [4.69, 9.17) is 18.9 Å². The van der Waals surface area contributed by atoms with Gasteiger partial charge in [0.25, 0.3) is 0 Å². The molecule has 12 nitrogen and oxygen atoms in total. The average molecular weight is 480 g/mol. The van der Waals surface area contributed by atoms with E-state index in [0.29, 0.717) is 0 Å². The number of carboxylic acids is 1. The summed E-state index contributed by atoms with van der Waals surface area (Å²) < 4.78 is 22.8. The number of carbonyl (C=O) groups excluding carboxylic acids is 1. The maximum absolute atomic E-state index is 11.9. The molecule has 192 valence electrons. The minimum atomic E-state index is -1.57. The van der Waals surface area contributed by atoms with Crippen LogP contribution < -0.4 is 5.32 Å². The van der Waals surface area contributed by atoms with Gasteiger partial charge in [-0.05, 0) is 34.1 Å². The molecule has 2 rings (SSSR count). The molecule has 1 amide bonds. The van der Waals surface area contributed by atoms with Gasteiger partial charge in [-0.1, -0.05) is 0 Å². The monoisotopic (exact) mass is 479 g/mol. The molecule has 1 saturated heterocycles. The van der Waals surface area contributed by atoms with E-state index in [9.17, 15) is 35.1 Å². The molecule has 6 N–H and O–H groups in total. The molecule has 1 aliphatic carbocycles. The highest BCUT2D eigenvalue weighted by atomic mass is 16.7. The quantitative estimate of drug-likeness (QED) is 0.223. The fraction of sp³-hybridized carbons (Fsp3) is 0.905. The minimum absolute atomic E-state index is 0.221. The van der Waals surface area contributed by atoms with Crippen molar-refractivity contribution in [2.75, 3.05) is 6.61 Å². The van der Waals surface area contributed by atoms with Gasteiger partial charge in [-0.3, -0.25) is 9.59 Å². The van der Waals surface area contributed by atoms with Crippen molar-refractivity contribution in [3.8, 4) is 0 Å². The van der Waals surface area contributed by atoms with Crippen LogP contribution in [0.1, 0.15) is 41.0 Å². The molecule has 12 heteroatoms. The zero-order chi connectivity index (χ0) is 25.0. The van der Waals surface area contributed by atoms with Gasteiger partial charge in [-0.25, -0.2) is 0 Å². The van der Waals surface area contributed by atoms with Gasteiger partial charge in [0.1, 0.15) is 36.6 Å². The summed E-state index contributed by atoms with van der Waals surface area (Å²) in [5, 5.41) is 54.1.